The van der Waals surface area contributed by atoms with Crippen molar-refractivity contribution in [3.63, 3.8) is 0 Å². The first-order valence-electron chi connectivity index (χ1n) is 8.51. The van der Waals surface area contributed by atoms with E-state index in [2.05, 4.69) is 21.2 Å². The molecule has 136 valence electrons. The molecule has 0 fully saturated rings. The largest absolute Gasteiger partial charge is 0.488 e. The minimum atomic E-state index is -0.423. The molecule has 27 heavy (non-hydrogen) atoms. The van der Waals surface area contributed by atoms with Gasteiger partial charge in [-0.25, -0.2) is 0 Å². The fourth-order valence-electron chi connectivity index (χ4n) is 3.14. The van der Waals surface area contributed by atoms with E-state index in [9.17, 15) is 10.1 Å². The predicted molar refractivity (Wildman–Crippen MR) is 111 cm³/mol. The number of halogens is 1. The third-order valence-electron chi connectivity index (χ3n) is 4.32. The molecule has 1 N–H and O–H groups in total. The van der Waals surface area contributed by atoms with Crippen LogP contribution in [0.2, 0.25) is 0 Å². The van der Waals surface area contributed by atoms with Crippen LogP contribution in [0.5, 0.6) is 5.75 Å². The second-order valence-corrected chi connectivity index (χ2v) is 7.50. The maximum Gasteiger partial charge on any atom is 0.266 e. The number of amides is 1. The summed E-state index contributed by atoms with van der Waals surface area (Å²) in [7, 11) is 0. The van der Waals surface area contributed by atoms with E-state index in [1.165, 1.54) is 0 Å². The number of rotatable bonds is 3. The monoisotopic (exact) mass is 422 g/mol. The lowest BCUT2D eigenvalue weighted by molar-refractivity contribution is -0.112. The number of anilines is 1. The number of carbonyl (C=O) groups is 1. The molecule has 1 aliphatic rings. The number of nitrogens with zero attached hydrogens (tertiary/aromatic N) is 1. The van der Waals surface area contributed by atoms with Gasteiger partial charge in [-0.05, 0) is 67.8 Å². The SMILES string of the molecule is Cc1cc(C)c(NC(=O)/C(C#N)=C/C2=Cc3cc(Br)ccc3OC2)c(C)c1. The molecule has 0 atom stereocenters. The van der Waals surface area contributed by atoms with Gasteiger partial charge in [0.15, 0.2) is 0 Å². The third-order valence-corrected chi connectivity index (χ3v) is 4.81. The van der Waals surface area contributed by atoms with E-state index in [0.29, 0.717) is 6.61 Å². The smallest absolute Gasteiger partial charge is 0.266 e. The molecule has 0 saturated heterocycles. The molecule has 1 amide bonds. The van der Waals surface area contributed by atoms with Gasteiger partial charge in [-0.2, -0.15) is 5.26 Å². The molecule has 2 aromatic rings. The fourth-order valence-corrected chi connectivity index (χ4v) is 3.52. The van der Waals surface area contributed by atoms with Crippen molar-refractivity contribution in [1.29, 1.82) is 5.26 Å². The lowest BCUT2D eigenvalue weighted by Gasteiger charge is -2.17. The Labute approximate surface area is 167 Å². The van der Waals surface area contributed by atoms with Crippen LogP contribution in [0.25, 0.3) is 6.08 Å². The number of carbonyl (C=O) groups excluding carboxylic acids is 1. The summed E-state index contributed by atoms with van der Waals surface area (Å²) in [5.74, 6) is 0.359. The molecule has 0 radical (unpaired) electrons. The molecule has 0 aliphatic carbocycles. The Morgan fingerprint density at radius 3 is 2.59 bits per heavy atom. The zero-order valence-corrected chi connectivity index (χ0v) is 17.0. The number of nitrogens with one attached hydrogen (secondary N) is 1. The Bertz CT molecular complexity index is 1010. The summed E-state index contributed by atoms with van der Waals surface area (Å²) in [6.45, 7) is 6.21. The molecule has 0 saturated carbocycles. The van der Waals surface area contributed by atoms with Crippen molar-refractivity contribution in [2.24, 2.45) is 0 Å². The number of aryl methyl sites for hydroxylation is 3. The van der Waals surface area contributed by atoms with Gasteiger partial charge in [0.05, 0.1) is 0 Å². The van der Waals surface area contributed by atoms with Crippen LogP contribution in [0.15, 0.2) is 52.0 Å². The summed E-state index contributed by atoms with van der Waals surface area (Å²) in [6, 6.07) is 11.7. The van der Waals surface area contributed by atoms with E-state index in [1.54, 1.807) is 6.08 Å². The Morgan fingerprint density at radius 2 is 1.93 bits per heavy atom. The molecule has 4 nitrogen and oxygen atoms in total. The Kier molecular flexibility index (Phi) is 5.48. The second kappa shape index (κ2) is 7.81. The minimum Gasteiger partial charge on any atom is -0.488 e. The average Bonchev–Trinajstić information content (AvgIpc) is 2.62. The molecule has 1 aliphatic heterocycles. The summed E-state index contributed by atoms with van der Waals surface area (Å²) in [4.78, 5) is 12.6. The summed E-state index contributed by atoms with van der Waals surface area (Å²) < 4.78 is 6.65. The van der Waals surface area contributed by atoms with E-state index < -0.39 is 5.91 Å². The molecular weight excluding hydrogens is 404 g/mol. The fraction of sp³-hybridized carbons (Fsp3) is 0.182. The zero-order chi connectivity index (χ0) is 19.6. The van der Waals surface area contributed by atoms with Crippen molar-refractivity contribution in [1.82, 2.24) is 0 Å². The summed E-state index contributed by atoms with van der Waals surface area (Å²) >= 11 is 3.44. The van der Waals surface area contributed by atoms with Gasteiger partial charge < -0.3 is 10.1 Å². The van der Waals surface area contributed by atoms with Crippen LogP contribution in [0.3, 0.4) is 0 Å². The lowest BCUT2D eigenvalue weighted by atomic mass is 10.0. The number of benzene rings is 2. The molecule has 2 aromatic carbocycles. The van der Waals surface area contributed by atoms with Crippen molar-refractivity contribution in [3.8, 4) is 11.8 Å². The van der Waals surface area contributed by atoms with Crippen molar-refractivity contribution in [2.75, 3.05) is 11.9 Å². The van der Waals surface area contributed by atoms with Gasteiger partial charge in [-0.3, -0.25) is 4.79 Å². The maximum absolute atomic E-state index is 12.6. The first-order chi connectivity index (χ1) is 12.9. The van der Waals surface area contributed by atoms with Crippen LogP contribution in [0.1, 0.15) is 22.3 Å². The Balaban J connectivity index is 1.87. The van der Waals surface area contributed by atoms with E-state index >= 15 is 0 Å². The average molecular weight is 423 g/mol. The van der Waals surface area contributed by atoms with Gasteiger partial charge >= 0.3 is 0 Å². The third kappa shape index (κ3) is 4.29. The number of nitriles is 1. The highest BCUT2D eigenvalue weighted by atomic mass is 79.9. The highest BCUT2D eigenvalue weighted by Crippen LogP contribution is 2.30. The van der Waals surface area contributed by atoms with Gasteiger partial charge in [0, 0.05) is 15.7 Å². The topological polar surface area (TPSA) is 62.1 Å². The molecule has 1 heterocycles. The van der Waals surface area contributed by atoms with Crippen LogP contribution in [-0.2, 0) is 4.79 Å². The molecular formula is C22H19BrN2O2. The highest BCUT2D eigenvalue weighted by Gasteiger charge is 2.16. The standard InChI is InChI=1S/C22H19BrN2O2/c1-13-6-14(2)21(15(3)7-13)25-22(26)18(11-24)9-16-8-17-10-19(23)4-5-20(17)27-12-16/h4-10H,12H2,1-3H3,(H,25,26)/b18-9+. The van der Waals surface area contributed by atoms with Gasteiger partial charge in [0.1, 0.15) is 24.0 Å². The molecule has 0 unspecified atom stereocenters. The number of ether oxygens (including phenoxy) is 1. The maximum atomic E-state index is 12.6. The minimum absolute atomic E-state index is 0.0441. The highest BCUT2D eigenvalue weighted by molar-refractivity contribution is 9.10. The Morgan fingerprint density at radius 1 is 1.22 bits per heavy atom. The van der Waals surface area contributed by atoms with Crippen LogP contribution in [-0.4, -0.2) is 12.5 Å². The van der Waals surface area contributed by atoms with Crippen LogP contribution >= 0.6 is 15.9 Å². The van der Waals surface area contributed by atoms with Crippen LogP contribution in [0.4, 0.5) is 5.69 Å². The first-order valence-corrected chi connectivity index (χ1v) is 9.30. The van der Waals surface area contributed by atoms with Crippen molar-refractivity contribution in [2.45, 2.75) is 20.8 Å². The number of fused-ring (bicyclic) bond motifs is 1. The van der Waals surface area contributed by atoms with E-state index in [-0.39, 0.29) is 5.57 Å². The number of hydrogen-bond donors (Lipinski definition) is 1. The molecule has 0 aromatic heterocycles. The van der Waals surface area contributed by atoms with Crippen LogP contribution < -0.4 is 10.1 Å². The molecule has 0 spiro atoms. The number of hydrogen-bond acceptors (Lipinski definition) is 3. The van der Waals surface area contributed by atoms with Crippen molar-refractivity contribution in [3.05, 3.63) is 74.3 Å². The van der Waals surface area contributed by atoms with Crippen LogP contribution in [0, 0.1) is 32.1 Å². The molecule has 5 heteroatoms. The van der Waals surface area contributed by atoms with E-state index in [0.717, 1.165) is 43.7 Å². The second-order valence-electron chi connectivity index (χ2n) is 6.59. The Hall–Kier alpha value is -2.84. The van der Waals surface area contributed by atoms with Crippen molar-refractivity contribution >= 4 is 33.6 Å². The summed E-state index contributed by atoms with van der Waals surface area (Å²) in [6.07, 6.45) is 3.51. The predicted octanol–water partition coefficient (Wildman–Crippen LogP) is 5.24. The van der Waals surface area contributed by atoms with E-state index in [1.807, 2.05) is 63.2 Å². The van der Waals surface area contributed by atoms with Gasteiger partial charge in [-0.15, -0.1) is 0 Å². The van der Waals surface area contributed by atoms with Gasteiger partial charge in [0.25, 0.3) is 5.91 Å². The zero-order valence-electron chi connectivity index (χ0n) is 15.4. The summed E-state index contributed by atoms with van der Waals surface area (Å²) in [5.41, 5.74) is 5.54. The normalized spacial score (nSPS) is 13.1. The van der Waals surface area contributed by atoms with Crippen molar-refractivity contribution < 1.29 is 9.53 Å². The summed E-state index contributed by atoms with van der Waals surface area (Å²) in [5, 5.41) is 12.3. The van der Waals surface area contributed by atoms with Gasteiger partial charge in [0.2, 0.25) is 0 Å². The molecule has 0 bridgehead atoms. The quantitative estimate of drug-likeness (QED) is 0.543. The van der Waals surface area contributed by atoms with E-state index in [4.69, 9.17) is 4.74 Å². The lowest BCUT2D eigenvalue weighted by Crippen LogP contribution is -2.16. The van der Waals surface area contributed by atoms with Gasteiger partial charge in [-0.1, -0.05) is 33.6 Å². The first kappa shape index (κ1) is 18.9. The molecule has 3 rings (SSSR count).